The molecule has 2 amide bonds. The van der Waals surface area contributed by atoms with E-state index in [2.05, 4.69) is 19.2 Å². The van der Waals surface area contributed by atoms with Crippen molar-refractivity contribution < 1.29 is 14.7 Å². The summed E-state index contributed by atoms with van der Waals surface area (Å²) in [6, 6.07) is -0.238. The van der Waals surface area contributed by atoms with Gasteiger partial charge in [-0.3, -0.25) is 0 Å². The number of carboxylic acids is 1. The summed E-state index contributed by atoms with van der Waals surface area (Å²) in [7, 11) is 0. The molecule has 0 unspecified atom stereocenters. The summed E-state index contributed by atoms with van der Waals surface area (Å²) >= 11 is 0. The van der Waals surface area contributed by atoms with E-state index < -0.39 is 11.5 Å². The molecule has 0 atom stereocenters. The van der Waals surface area contributed by atoms with Crippen LogP contribution >= 0.6 is 0 Å². The van der Waals surface area contributed by atoms with Crippen LogP contribution in [0.4, 0.5) is 4.79 Å². The number of carboxylic acid groups (broad SMARTS) is 1. The molecule has 1 saturated carbocycles. The van der Waals surface area contributed by atoms with Gasteiger partial charge in [0.15, 0.2) is 0 Å². The van der Waals surface area contributed by atoms with Crippen molar-refractivity contribution in [2.45, 2.75) is 64.8 Å². The first-order valence-corrected chi connectivity index (χ1v) is 7.75. The van der Waals surface area contributed by atoms with Crippen molar-refractivity contribution in [1.82, 2.24) is 10.2 Å². The number of aliphatic carboxylic acids is 1. The average molecular weight is 284 g/mol. The molecule has 1 fully saturated rings. The zero-order valence-electron chi connectivity index (χ0n) is 12.9. The van der Waals surface area contributed by atoms with Crippen molar-refractivity contribution in [1.29, 1.82) is 0 Å². The highest BCUT2D eigenvalue weighted by molar-refractivity contribution is 5.86. The molecule has 0 radical (unpaired) electrons. The lowest BCUT2D eigenvalue weighted by Gasteiger charge is -2.37. The highest BCUT2D eigenvalue weighted by Gasteiger charge is 2.43. The summed E-state index contributed by atoms with van der Waals surface area (Å²) in [5.74, 6) is -0.356. The van der Waals surface area contributed by atoms with E-state index in [0.29, 0.717) is 31.8 Å². The van der Waals surface area contributed by atoms with Crippen LogP contribution in [0.25, 0.3) is 0 Å². The fourth-order valence-electron chi connectivity index (χ4n) is 2.68. The fraction of sp³-hybridized carbons (Fsp3) is 0.867. The molecule has 0 saturated heterocycles. The maximum absolute atomic E-state index is 12.3. The van der Waals surface area contributed by atoms with Crippen LogP contribution in [-0.4, -0.2) is 40.6 Å². The van der Waals surface area contributed by atoms with Gasteiger partial charge >= 0.3 is 12.0 Å². The summed E-state index contributed by atoms with van der Waals surface area (Å²) < 4.78 is 0. The molecular weight excluding hydrogens is 256 g/mol. The molecule has 5 heteroatoms. The molecule has 0 heterocycles. The Balaban J connectivity index is 2.70. The molecule has 2 N–H and O–H groups in total. The minimum atomic E-state index is -1.07. The highest BCUT2D eigenvalue weighted by Crippen LogP contribution is 2.32. The van der Waals surface area contributed by atoms with E-state index in [1.807, 2.05) is 6.92 Å². The van der Waals surface area contributed by atoms with Gasteiger partial charge in [0.05, 0.1) is 0 Å². The van der Waals surface area contributed by atoms with Gasteiger partial charge in [0, 0.05) is 13.1 Å². The predicted molar refractivity (Wildman–Crippen MR) is 78.7 cm³/mol. The van der Waals surface area contributed by atoms with Crippen LogP contribution in [0.1, 0.15) is 59.3 Å². The number of hydrogen-bond acceptors (Lipinski definition) is 2. The summed E-state index contributed by atoms with van der Waals surface area (Å²) in [5.41, 5.74) is -1.07. The largest absolute Gasteiger partial charge is 0.480 e. The molecule has 1 aliphatic carbocycles. The number of nitrogens with one attached hydrogen (secondary N) is 1. The quantitative estimate of drug-likeness (QED) is 0.788. The van der Waals surface area contributed by atoms with Crippen molar-refractivity contribution in [2.24, 2.45) is 5.92 Å². The van der Waals surface area contributed by atoms with E-state index in [1.165, 1.54) is 0 Å². The number of unbranched alkanes of at least 4 members (excludes halogenated alkanes) is 1. The molecule has 0 spiro atoms. The lowest BCUT2D eigenvalue weighted by molar-refractivity contribution is -0.146. The van der Waals surface area contributed by atoms with Crippen LogP contribution in [0, 0.1) is 5.92 Å². The van der Waals surface area contributed by atoms with Gasteiger partial charge in [-0.25, -0.2) is 9.59 Å². The third kappa shape index (κ3) is 4.12. The molecule has 0 aliphatic heterocycles. The van der Waals surface area contributed by atoms with Crippen LogP contribution in [-0.2, 0) is 4.79 Å². The van der Waals surface area contributed by atoms with Gasteiger partial charge in [-0.1, -0.05) is 20.3 Å². The van der Waals surface area contributed by atoms with Crippen LogP contribution < -0.4 is 5.32 Å². The number of hydrogen-bond donors (Lipinski definition) is 2. The van der Waals surface area contributed by atoms with Crippen LogP contribution in [0.3, 0.4) is 0 Å². The monoisotopic (exact) mass is 284 g/mol. The second-order valence-corrected chi connectivity index (χ2v) is 5.93. The minimum absolute atomic E-state index is 0.238. The second-order valence-electron chi connectivity index (χ2n) is 5.93. The zero-order chi connectivity index (χ0) is 15.2. The number of nitrogens with zero attached hydrogens (tertiary/aromatic N) is 1. The SMILES string of the molecule is CCCCN(CC)C(=O)NC1(C(=O)O)CCC(C)CC1. The average Bonchev–Trinajstić information content (AvgIpc) is 2.42. The van der Waals surface area contributed by atoms with Gasteiger partial charge in [0.25, 0.3) is 0 Å². The lowest BCUT2D eigenvalue weighted by atomic mass is 9.77. The van der Waals surface area contributed by atoms with Gasteiger partial charge in [-0.05, 0) is 44.9 Å². The normalized spacial score (nSPS) is 26.1. The summed E-state index contributed by atoms with van der Waals surface area (Å²) in [6.07, 6.45) is 4.73. The number of rotatable bonds is 6. The maximum Gasteiger partial charge on any atom is 0.329 e. The first-order valence-electron chi connectivity index (χ1n) is 7.75. The molecule has 0 aromatic carbocycles. The molecule has 0 aromatic rings. The first kappa shape index (κ1) is 16.8. The zero-order valence-corrected chi connectivity index (χ0v) is 12.9. The Bertz CT molecular complexity index is 336. The van der Waals surface area contributed by atoms with Crippen LogP contribution in [0.2, 0.25) is 0 Å². The number of carbonyl (C=O) groups excluding carboxylic acids is 1. The molecule has 116 valence electrons. The standard InChI is InChI=1S/C15H28N2O3/c1-4-6-11-17(5-2)14(20)16-15(13(18)19)9-7-12(3)8-10-15/h12H,4-11H2,1-3H3,(H,16,20)(H,18,19). The Morgan fingerprint density at radius 2 is 1.90 bits per heavy atom. The topological polar surface area (TPSA) is 69.6 Å². The third-order valence-electron chi connectivity index (χ3n) is 4.33. The Labute approximate surface area is 121 Å². The van der Waals surface area contributed by atoms with E-state index in [-0.39, 0.29) is 6.03 Å². The number of carbonyl (C=O) groups is 2. The Kier molecular flexibility index (Phi) is 6.30. The van der Waals surface area contributed by atoms with Gasteiger partial charge in [-0.2, -0.15) is 0 Å². The second kappa shape index (κ2) is 7.50. The van der Waals surface area contributed by atoms with Gasteiger partial charge < -0.3 is 15.3 Å². The maximum atomic E-state index is 12.3. The molecule has 20 heavy (non-hydrogen) atoms. The van der Waals surface area contributed by atoms with Gasteiger partial charge in [-0.15, -0.1) is 0 Å². The summed E-state index contributed by atoms with van der Waals surface area (Å²) in [6.45, 7) is 7.43. The number of urea groups is 1. The molecule has 5 nitrogen and oxygen atoms in total. The smallest absolute Gasteiger partial charge is 0.329 e. The van der Waals surface area contributed by atoms with Crippen molar-refractivity contribution in [3.05, 3.63) is 0 Å². The lowest BCUT2D eigenvalue weighted by Crippen LogP contribution is -2.59. The highest BCUT2D eigenvalue weighted by atomic mass is 16.4. The fourth-order valence-corrected chi connectivity index (χ4v) is 2.68. The molecule has 1 aliphatic rings. The van der Waals surface area contributed by atoms with Crippen molar-refractivity contribution in [2.75, 3.05) is 13.1 Å². The third-order valence-corrected chi connectivity index (χ3v) is 4.33. The summed E-state index contributed by atoms with van der Waals surface area (Å²) in [5, 5.41) is 12.3. The first-order chi connectivity index (χ1) is 9.45. The van der Waals surface area contributed by atoms with Gasteiger partial charge in [0.2, 0.25) is 0 Å². The number of amides is 2. The molecule has 0 aromatic heterocycles. The van der Waals surface area contributed by atoms with Crippen molar-refractivity contribution in [3.63, 3.8) is 0 Å². The van der Waals surface area contributed by atoms with Gasteiger partial charge in [0.1, 0.15) is 5.54 Å². The Hall–Kier alpha value is -1.26. The van der Waals surface area contributed by atoms with Crippen LogP contribution in [0.15, 0.2) is 0 Å². The Morgan fingerprint density at radius 3 is 2.35 bits per heavy atom. The molecule has 0 bridgehead atoms. The molecular formula is C15H28N2O3. The van der Waals surface area contributed by atoms with E-state index in [1.54, 1.807) is 4.90 Å². The van der Waals surface area contributed by atoms with Crippen molar-refractivity contribution >= 4 is 12.0 Å². The van der Waals surface area contributed by atoms with E-state index in [9.17, 15) is 14.7 Å². The van der Waals surface area contributed by atoms with E-state index in [4.69, 9.17) is 0 Å². The predicted octanol–water partition coefficient (Wildman–Crippen LogP) is 2.85. The van der Waals surface area contributed by atoms with E-state index >= 15 is 0 Å². The minimum Gasteiger partial charge on any atom is -0.480 e. The van der Waals surface area contributed by atoms with Crippen LogP contribution in [0.5, 0.6) is 0 Å². The molecule has 1 rings (SSSR count). The summed E-state index contributed by atoms with van der Waals surface area (Å²) in [4.78, 5) is 25.6. The van der Waals surface area contributed by atoms with E-state index in [0.717, 1.165) is 25.7 Å². The van der Waals surface area contributed by atoms with Crippen molar-refractivity contribution in [3.8, 4) is 0 Å². The Morgan fingerprint density at radius 1 is 1.30 bits per heavy atom.